The molecule has 1 atom stereocenters. The summed E-state index contributed by atoms with van der Waals surface area (Å²) in [6, 6.07) is 5.12. The van der Waals surface area contributed by atoms with Crippen LogP contribution in [0.4, 0.5) is 0 Å². The highest BCUT2D eigenvalue weighted by molar-refractivity contribution is 5.71. The van der Waals surface area contributed by atoms with E-state index in [0.29, 0.717) is 12.1 Å². The first-order chi connectivity index (χ1) is 8.79. The number of hydrogen-bond donors (Lipinski definition) is 1. The predicted molar refractivity (Wildman–Crippen MR) is 72.6 cm³/mol. The van der Waals surface area contributed by atoms with Crippen LogP contribution in [0.2, 0.25) is 0 Å². The minimum absolute atomic E-state index is 0.462. The second kappa shape index (κ2) is 4.69. The summed E-state index contributed by atoms with van der Waals surface area (Å²) in [4.78, 5) is 9.25. The van der Waals surface area contributed by atoms with Gasteiger partial charge in [-0.1, -0.05) is 6.92 Å². The fourth-order valence-corrected chi connectivity index (χ4v) is 2.53. The van der Waals surface area contributed by atoms with Crippen molar-refractivity contribution in [1.82, 2.24) is 19.9 Å². The Kier molecular flexibility index (Phi) is 3.04. The second-order valence-corrected chi connectivity index (χ2v) is 5.14. The van der Waals surface area contributed by atoms with Gasteiger partial charge in [0.25, 0.3) is 0 Å². The maximum Gasteiger partial charge on any atom is 0.160 e. The first kappa shape index (κ1) is 11.7. The van der Waals surface area contributed by atoms with E-state index in [1.54, 1.807) is 0 Å². The zero-order valence-corrected chi connectivity index (χ0v) is 11.1. The maximum atomic E-state index is 4.76. The van der Waals surface area contributed by atoms with Crippen molar-refractivity contribution in [1.29, 1.82) is 0 Å². The van der Waals surface area contributed by atoms with Gasteiger partial charge >= 0.3 is 0 Å². The summed E-state index contributed by atoms with van der Waals surface area (Å²) in [6.07, 6.45) is 5.37. The summed E-state index contributed by atoms with van der Waals surface area (Å²) in [5, 5.41) is 3.45. The fraction of sp³-hybridized carbons (Fsp3) is 0.571. The van der Waals surface area contributed by atoms with Crippen LogP contribution >= 0.6 is 0 Å². The minimum atomic E-state index is 0.462. The molecule has 0 aromatic carbocycles. The molecule has 3 rings (SSSR count). The summed E-state index contributed by atoms with van der Waals surface area (Å²) in [7, 11) is 0. The molecule has 1 saturated carbocycles. The van der Waals surface area contributed by atoms with E-state index >= 15 is 0 Å². The van der Waals surface area contributed by atoms with Crippen LogP contribution in [0.15, 0.2) is 18.3 Å². The average Bonchev–Trinajstić information content (AvgIpc) is 3.11. The summed E-state index contributed by atoms with van der Waals surface area (Å²) in [6.45, 7) is 5.36. The Balaban J connectivity index is 1.97. The number of aromatic nitrogens is 3. The van der Waals surface area contributed by atoms with Crippen LogP contribution < -0.4 is 5.32 Å². The van der Waals surface area contributed by atoms with E-state index in [2.05, 4.69) is 34.8 Å². The van der Waals surface area contributed by atoms with Gasteiger partial charge in [0.05, 0.1) is 0 Å². The van der Waals surface area contributed by atoms with Gasteiger partial charge in [-0.2, -0.15) is 0 Å². The highest BCUT2D eigenvalue weighted by atomic mass is 15.2. The Bertz CT molecular complexity index is 542. The first-order valence-electron chi connectivity index (χ1n) is 6.84. The molecule has 4 nitrogen and oxygen atoms in total. The highest BCUT2D eigenvalue weighted by Gasteiger charge is 2.28. The lowest BCUT2D eigenvalue weighted by Gasteiger charge is -2.13. The molecule has 0 amide bonds. The summed E-state index contributed by atoms with van der Waals surface area (Å²) >= 11 is 0. The van der Waals surface area contributed by atoms with E-state index in [0.717, 1.165) is 24.1 Å². The van der Waals surface area contributed by atoms with Crippen LogP contribution in [-0.4, -0.2) is 27.1 Å². The number of pyridine rings is 1. The molecule has 1 aliphatic rings. The summed E-state index contributed by atoms with van der Waals surface area (Å²) in [5.74, 6) is 1.18. The van der Waals surface area contributed by atoms with Crippen LogP contribution in [-0.2, 0) is 6.42 Å². The van der Waals surface area contributed by atoms with E-state index in [-0.39, 0.29) is 0 Å². The second-order valence-electron chi connectivity index (χ2n) is 5.14. The van der Waals surface area contributed by atoms with Gasteiger partial charge in [0.15, 0.2) is 5.65 Å². The molecule has 2 aromatic rings. The third-order valence-corrected chi connectivity index (χ3v) is 3.48. The normalized spacial score (nSPS) is 17.2. The quantitative estimate of drug-likeness (QED) is 0.877. The van der Waals surface area contributed by atoms with Crippen molar-refractivity contribution in [3.8, 4) is 0 Å². The lowest BCUT2D eigenvalue weighted by molar-refractivity contribution is 0.536. The third kappa shape index (κ3) is 2.12. The molecular formula is C14H20N4. The van der Waals surface area contributed by atoms with Crippen LogP contribution in [0.5, 0.6) is 0 Å². The van der Waals surface area contributed by atoms with Gasteiger partial charge in [-0.15, -0.1) is 0 Å². The van der Waals surface area contributed by atoms with Crippen LogP contribution in [0.25, 0.3) is 11.2 Å². The van der Waals surface area contributed by atoms with E-state index in [9.17, 15) is 0 Å². The lowest BCUT2D eigenvalue weighted by Crippen LogP contribution is -2.28. The van der Waals surface area contributed by atoms with Crippen LogP contribution in [0.1, 0.15) is 38.6 Å². The SMILES string of the molecule is CCNC(C)Cc1nc2cccnc2n1C1CC1. The van der Waals surface area contributed by atoms with Crippen LogP contribution in [0, 0.1) is 0 Å². The fourth-order valence-electron chi connectivity index (χ4n) is 2.53. The van der Waals surface area contributed by atoms with Crippen molar-refractivity contribution >= 4 is 11.2 Å². The molecule has 0 spiro atoms. The van der Waals surface area contributed by atoms with Crippen LogP contribution in [0.3, 0.4) is 0 Å². The maximum absolute atomic E-state index is 4.76. The largest absolute Gasteiger partial charge is 0.314 e. The van der Waals surface area contributed by atoms with Gasteiger partial charge in [-0.25, -0.2) is 9.97 Å². The molecule has 1 fully saturated rings. The standard InChI is InChI=1S/C14H20N4/c1-3-15-10(2)9-13-17-12-5-4-8-16-14(12)18(13)11-6-7-11/h4-5,8,10-11,15H,3,6-7,9H2,1-2H3. The Morgan fingerprint density at radius 2 is 2.33 bits per heavy atom. The molecule has 0 saturated heterocycles. The Hall–Kier alpha value is -1.42. The molecule has 18 heavy (non-hydrogen) atoms. The minimum Gasteiger partial charge on any atom is -0.314 e. The number of rotatable bonds is 5. The van der Waals surface area contributed by atoms with Gasteiger partial charge < -0.3 is 9.88 Å². The molecule has 0 aliphatic heterocycles. The van der Waals surface area contributed by atoms with E-state index < -0.39 is 0 Å². The average molecular weight is 244 g/mol. The molecule has 1 N–H and O–H groups in total. The van der Waals surface area contributed by atoms with Gasteiger partial charge in [0, 0.05) is 24.7 Å². The molecule has 2 aromatic heterocycles. The van der Waals surface area contributed by atoms with Crippen molar-refractivity contribution in [3.05, 3.63) is 24.2 Å². The van der Waals surface area contributed by atoms with E-state index in [1.165, 1.54) is 18.7 Å². The number of likely N-dealkylation sites (N-methyl/N-ethyl adjacent to an activating group) is 1. The smallest absolute Gasteiger partial charge is 0.160 e. The number of fused-ring (bicyclic) bond motifs is 1. The van der Waals surface area contributed by atoms with E-state index in [4.69, 9.17) is 4.98 Å². The molecular weight excluding hydrogens is 224 g/mol. The molecule has 0 radical (unpaired) electrons. The molecule has 1 aliphatic carbocycles. The number of imidazole rings is 1. The monoisotopic (exact) mass is 244 g/mol. The van der Waals surface area contributed by atoms with Gasteiger partial charge in [-0.05, 0) is 38.4 Å². The Morgan fingerprint density at radius 1 is 1.50 bits per heavy atom. The number of nitrogens with zero attached hydrogens (tertiary/aromatic N) is 3. The Labute approximate surface area is 107 Å². The Morgan fingerprint density at radius 3 is 3.06 bits per heavy atom. The zero-order chi connectivity index (χ0) is 12.5. The van der Waals surface area contributed by atoms with Crippen molar-refractivity contribution < 1.29 is 0 Å². The van der Waals surface area contributed by atoms with Gasteiger partial charge in [-0.3, -0.25) is 0 Å². The number of hydrogen-bond acceptors (Lipinski definition) is 3. The zero-order valence-electron chi connectivity index (χ0n) is 11.1. The van der Waals surface area contributed by atoms with Crippen molar-refractivity contribution in [2.24, 2.45) is 0 Å². The van der Waals surface area contributed by atoms with Crippen molar-refractivity contribution in [2.75, 3.05) is 6.54 Å². The van der Waals surface area contributed by atoms with Crippen molar-refractivity contribution in [2.45, 2.75) is 45.2 Å². The lowest BCUT2D eigenvalue weighted by atomic mass is 10.2. The predicted octanol–water partition coefficient (Wildman–Crippen LogP) is 2.31. The van der Waals surface area contributed by atoms with E-state index in [1.807, 2.05) is 12.3 Å². The third-order valence-electron chi connectivity index (χ3n) is 3.48. The van der Waals surface area contributed by atoms with Crippen molar-refractivity contribution in [3.63, 3.8) is 0 Å². The molecule has 96 valence electrons. The summed E-state index contributed by atoms with van der Waals surface area (Å²) < 4.78 is 2.35. The molecule has 1 unspecified atom stereocenters. The summed E-state index contributed by atoms with van der Waals surface area (Å²) in [5.41, 5.74) is 2.08. The highest BCUT2D eigenvalue weighted by Crippen LogP contribution is 2.38. The molecule has 0 bridgehead atoms. The topological polar surface area (TPSA) is 42.7 Å². The number of nitrogens with one attached hydrogen (secondary N) is 1. The molecule has 2 heterocycles. The first-order valence-corrected chi connectivity index (χ1v) is 6.84. The van der Waals surface area contributed by atoms with Gasteiger partial charge in [0.2, 0.25) is 0 Å². The molecule has 4 heteroatoms. The van der Waals surface area contributed by atoms with Gasteiger partial charge in [0.1, 0.15) is 11.3 Å².